The third-order valence-electron chi connectivity index (χ3n) is 3.22. The minimum atomic E-state index is 0.230. The van der Waals surface area contributed by atoms with E-state index in [4.69, 9.17) is 11.6 Å². The number of nitrogens with one attached hydrogen (secondary N) is 1. The van der Waals surface area contributed by atoms with E-state index < -0.39 is 0 Å². The highest BCUT2D eigenvalue weighted by molar-refractivity contribution is 5.51. The zero-order valence-electron chi connectivity index (χ0n) is 10.8. The molecule has 5 N–H and O–H groups in total. The van der Waals surface area contributed by atoms with Gasteiger partial charge in [0.05, 0.1) is 0 Å². The highest BCUT2D eigenvalue weighted by atomic mass is 15.3. The molecule has 7 heteroatoms. The maximum Gasteiger partial charge on any atom is 0.223 e. The fourth-order valence-electron chi connectivity index (χ4n) is 2.13. The van der Waals surface area contributed by atoms with E-state index in [9.17, 15) is 0 Å². The van der Waals surface area contributed by atoms with Crippen molar-refractivity contribution in [2.24, 2.45) is 5.84 Å². The molecule has 2 heterocycles. The van der Waals surface area contributed by atoms with Crippen LogP contribution in [0.2, 0.25) is 0 Å². The summed E-state index contributed by atoms with van der Waals surface area (Å²) in [6.07, 6.45) is 2.62. The van der Waals surface area contributed by atoms with Crippen molar-refractivity contribution in [3.8, 4) is 0 Å². The maximum absolute atomic E-state index is 5.64. The number of aromatic nitrogens is 2. The Morgan fingerprint density at radius 1 is 1.39 bits per heavy atom. The molecule has 1 aliphatic rings. The van der Waals surface area contributed by atoms with Gasteiger partial charge < -0.3 is 21.0 Å². The molecule has 18 heavy (non-hydrogen) atoms. The third kappa shape index (κ3) is 3.21. The molecule has 1 fully saturated rings. The number of likely N-dealkylation sites (tertiary alicyclic amines) is 1. The van der Waals surface area contributed by atoms with Gasteiger partial charge in [-0.1, -0.05) is 0 Å². The fraction of sp³-hybridized carbons (Fsp3) is 0.636. The highest BCUT2D eigenvalue weighted by Crippen LogP contribution is 2.15. The molecule has 1 saturated heterocycles. The van der Waals surface area contributed by atoms with Crippen LogP contribution >= 0.6 is 0 Å². The molecule has 1 aromatic heterocycles. The summed E-state index contributed by atoms with van der Waals surface area (Å²) < 4.78 is 0. The van der Waals surface area contributed by atoms with Crippen molar-refractivity contribution in [1.82, 2.24) is 14.9 Å². The van der Waals surface area contributed by atoms with Crippen LogP contribution in [-0.2, 0) is 0 Å². The zero-order valence-corrected chi connectivity index (χ0v) is 10.8. The van der Waals surface area contributed by atoms with Gasteiger partial charge in [0.2, 0.25) is 5.95 Å². The predicted molar refractivity (Wildman–Crippen MR) is 73.2 cm³/mol. The van der Waals surface area contributed by atoms with E-state index in [1.807, 2.05) is 7.05 Å². The number of hydrazine groups is 1. The van der Waals surface area contributed by atoms with Crippen LogP contribution < -0.4 is 21.9 Å². The summed E-state index contributed by atoms with van der Waals surface area (Å²) >= 11 is 0. The van der Waals surface area contributed by atoms with Crippen LogP contribution in [0.25, 0.3) is 0 Å². The van der Waals surface area contributed by atoms with Crippen molar-refractivity contribution in [2.75, 3.05) is 49.3 Å². The summed E-state index contributed by atoms with van der Waals surface area (Å²) in [4.78, 5) is 12.7. The van der Waals surface area contributed by atoms with E-state index in [-0.39, 0.29) is 5.95 Å². The Kier molecular flexibility index (Phi) is 4.16. The Labute approximate surface area is 107 Å². The summed E-state index contributed by atoms with van der Waals surface area (Å²) in [5.74, 6) is 6.89. The largest absolute Gasteiger partial charge is 0.368 e. The van der Waals surface area contributed by atoms with Gasteiger partial charge in [-0.3, -0.25) is 0 Å². The molecule has 0 unspecified atom stereocenters. The second-order valence-corrected chi connectivity index (χ2v) is 4.58. The van der Waals surface area contributed by atoms with Gasteiger partial charge in [-0.15, -0.1) is 0 Å². The first-order valence-corrected chi connectivity index (χ1v) is 6.23. The van der Waals surface area contributed by atoms with Gasteiger partial charge in [-0.2, -0.15) is 9.97 Å². The van der Waals surface area contributed by atoms with Gasteiger partial charge in [-0.05, 0) is 25.9 Å². The van der Waals surface area contributed by atoms with Crippen molar-refractivity contribution in [3.05, 3.63) is 6.07 Å². The molecule has 2 rings (SSSR count). The zero-order chi connectivity index (χ0) is 13.0. The standard InChI is InChI=1S/C11H21N7/c1-17(6-7-18-4-2-3-5-18)10-8-9(16-13)14-11(12)15-10/h8H,2-7,13H2,1H3,(H3,12,14,15,16). The second kappa shape index (κ2) is 5.83. The number of nitrogen functional groups attached to an aromatic ring is 2. The van der Waals surface area contributed by atoms with Gasteiger partial charge in [0.15, 0.2) is 0 Å². The van der Waals surface area contributed by atoms with E-state index in [1.165, 1.54) is 25.9 Å². The topological polar surface area (TPSA) is 96.3 Å². The second-order valence-electron chi connectivity index (χ2n) is 4.58. The average molecular weight is 251 g/mol. The van der Waals surface area contributed by atoms with E-state index >= 15 is 0 Å². The lowest BCUT2D eigenvalue weighted by molar-refractivity contribution is 0.346. The molecule has 0 aromatic carbocycles. The molecule has 0 spiro atoms. The van der Waals surface area contributed by atoms with Crippen molar-refractivity contribution < 1.29 is 0 Å². The van der Waals surface area contributed by atoms with Crippen molar-refractivity contribution in [2.45, 2.75) is 12.8 Å². The lowest BCUT2D eigenvalue weighted by atomic mass is 10.4. The van der Waals surface area contributed by atoms with Crippen LogP contribution in [0.15, 0.2) is 6.07 Å². The van der Waals surface area contributed by atoms with Gasteiger partial charge in [0.1, 0.15) is 11.6 Å². The van der Waals surface area contributed by atoms with Crippen LogP contribution in [-0.4, -0.2) is 48.1 Å². The number of rotatable bonds is 5. The molecule has 0 saturated carbocycles. The van der Waals surface area contributed by atoms with E-state index in [1.54, 1.807) is 6.07 Å². The summed E-state index contributed by atoms with van der Waals surface area (Å²) in [5, 5.41) is 0. The lowest BCUT2D eigenvalue weighted by Crippen LogP contribution is -2.32. The van der Waals surface area contributed by atoms with Crippen molar-refractivity contribution in [1.29, 1.82) is 0 Å². The van der Waals surface area contributed by atoms with E-state index in [0.717, 1.165) is 18.9 Å². The average Bonchev–Trinajstić information content (AvgIpc) is 2.88. The van der Waals surface area contributed by atoms with Crippen molar-refractivity contribution in [3.63, 3.8) is 0 Å². The molecule has 1 aliphatic heterocycles. The molecule has 0 atom stereocenters. The molecule has 0 amide bonds. The first-order valence-electron chi connectivity index (χ1n) is 6.23. The Balaban J connectivity index is 1.94. The Morgan fingerprint density at radius 2 is 2.11 bits per heavy atom. The Morgan fingerprint density at radius 3 is 2.78 bits per heavy atom. The van der Waals surface area contributed by atoms with Crippen LogP contribution in [0, 0.1) is 0 Å². The van der Waals surface area contributed by atoms with Gasteiger partial charge in [0.25, 0.3) is 0 Å². The first-order chi connectivity index (χ1) is 8.69. The Bertz CT molecular complexity index is 389. The SMILES string of the molecule is CN(CCN1CCCC1)c1cc(NN)nc(N)n1. The Hall–Kier alpha value is -1.60. The first kappa shape index (κ1) is 12.8. The molecule has 1 aromatic rings. The summed E-state index contributed by atoms with van der Waals surface area (Å²) in [7, 11) is 2.00. The van der Waals surface area contributed by atoms with E-state index in [2.05, 4.69) is 25.2 Å². The summed E-state index contributed by atoms with van der Waals surface area (Å²) in [6, 6.07) is 1.79. The van der Waals surface area contributed by atoms with Crippen LogP contribution in [0.5, 0.6) is 0 Å². The third-order valence-corrected chi connectivity index (χ3v) is 3.22. The normalized spacial score (nSPS) is 15.9. The summed E-state index contributed by atoms with van der Waals surface area (Å²) in [5.41, 5.74) is 8.13. The number of likely N-dealkylation sites (N-methyl/N-ethyl adjacent to an activating group) is 1. The number of hydrogen-bond acceptors (Lipinski definition) is 7. The number of nitrogens with zero attached hydrogens (tertiary/aromatic N) is 4. The maximum atomic E-state index is 5.64. The highest BCUT2D eigenvalue weighted by Gasteiger charge is 2.13. The van der Waals surface area contributed by atoms with Gasteiger partial charge >= 0.3 is 0 Å². The molecular formula is C11H21N7. The molecule has 100 valence electrons. The van der Waals surface area contributed by atoms with Crippen LogP contribution in [0.3, 0.4) is 0 Å². The van der Waals surface area contributed by atoms with Crippen LogP contribution in [0.1, 0.15) is 12.8 Å². The molecule has 7 nitrogen and oxygen atoms in total. The molecule has 0 radical (unpaired) electrons. The van der Waals surface area contributed by atoms with E-state index in [0.29, 0.717) is 5.82 Å². The fourth-order valence-corrected chi connectivity index (χ4v) is 2.13. The lowest BCUT2D eigenvalue weighted by Gasteiger charge is -2.22. The predicted octanol–water partition coefficient (Wildman–Crippen LogP) is -0.124. The number of nitrogens with two attached hydrogens (primary N) is 2. The minimum Gasteiger partial charge on any atom is -0.368 e. The summed E-state index contributed by atoms with van der Waals surface area (Å²) in [6.45, 7) is 4.37. The van der Waals surface area contributed by atoms with Gasteiger partial charge in [0, 0.05) is 26.2 Å². The monoisotopic (exact) mass is 251 g/mol. The smallest absolute Gasteiger partial charge is 0.223 e. The van der Waals surface area contributed by atoms with Crippen LogP contribution in [0.4, 0.5) is 17.6 Å². The minimum absolute atomic E-state index is 0.230. The van der Waals surface area contributed by atoms with Crippen molar-refractivity contribution >= 4 is 17.6 Å². The molecular weight excluding hydrogens is 230 g/mol. The molecule has 0 aliphatic carbocycles. The molecule has 0 bridgehead atoms. The number of hydrogen-bond donors (Lipinski definition) is 3. The number of anilines is 3. The van der Waals surface area contributed by atoms with Gasteiger partial charge in [-0.25, -0.2) is 5.84 Å². The quantitative estimate of drug-likeness (QED) is 0.496.